The molecule has 0 saturated heterocycles. The Hall–Kier alpha value is -3.22. The quantitative estimate of drug-likeness (QED) is 0.431. The lowest BCUT2D eigenvalue weighted by Gasteiger charge is -2.17. The maximum Gasteiger partial charge on any atom is 0.308 e. The monoisotopic (exact) mass is 448 g/mol. The third-order valence-electron chi connectivity index (χ3n) is 6.10. The van der Waals surface area contributed by atoms with Crippen LogP contribution in [-0.2, 0) is 35.2 Å². The van der Waals surface area contributed by atoms with Gasteiger partial charge >= 0.3 is 5.97 Å². The van der Waals surface area contributed by atoms with Gasteiger partial charge in [-0.2, -0.15) is 5.10 Å². The minimum atomic E-state index is -0.279. The van der Waals surface area contributed by atoms with Gasteiger partial charge in [0.25, 0.3) is 0 Å². The first-order valence-corrected chi connectivity index (χ1v) is 11.8. The maximum absolute atomic E-state index is 12.2. The van der Waals surface area contributed by atoms with Crippen LogP contribution in [0.25, 0.3) is 0 Å². The second-order valence-corrected chi connectivity index (χ2v) is 8.41. The summed E-state index contributed by atoms with van der Waals surface area (Å²) < 4.78 is 12.2. The van der Waals surface area contributed by atoms with Crippen molar-refractivity contribution in [3.63, 3.8) is 0 Å². The molecule has 33 heavy (non-hydrogen) atoms. The summed E-state index contributed by atoms with van der Waals surface area (Å²) >= 11 is 0. The van der Waals surface area contributed by atoms with E-state index in [0.29, 0.717) is 12.5 Å². The summed E-state index contributed by atoms with van der Waals surface area (Å²) in [5, 5.41) is 4.77. The minimum Gasteiger partial charge on any atom is -0.481 e. The van der Waals surface area contributed by atoms with Crippen molar-refractivity contribution >= 4 is 5.97 Å². The van der Waals surface area contributed by atoms with Gasteiger partial charge in [0.05, 0.1) is 31.9 Å². The van der Waals surface area contributed by atoms with Crippen molar-refractivity contribution in [2.24, 2.45) is 0 Å². The number of methoxy groups -OCH3 is 1. The van der Waals surface area contributed by atoms with Crippen LogP contribution < -0.4 is 4.74 Å². The number of fused-ring (bicyclic) bond motifs is 1. The number of carbonyl (C=O) groups excluding carboxylic acids is 1. The molecule has 3 heterocycles. The van der Waals surface area contributed by atoms with Gasteiger partial charge in [-0.05, 0) is 81.2 Å². The molecule has 0 radical (unpaired) electrons. The molecule has 3 aromatic heterocycles. The van der Waals surface area contributed by atoms with Gasteiger partial charge in [-0.3, -0.25) is 14.5 Å². The number of aryl methyl sites for hydroxylation is 4. The molecule has 0 amide bonds. The number of hydrogen-bond acceptors (Lipinski definition) is 6. The van der Waals surface area contributed by atoms with Crippen molar-refractivity contribution in [2.45, 2.75) is 64.3 Å². The summed E-state index contributed by atoms with van der Waals surface area (Å²) in [6, 6.07) is 9.89. The molecular weight excluding hydrogens is 416 g/mol. The third-order valence-corrected chi connectivity index (χ3v) is 6.10. The van der Waals surface area contributed by atoms with Crippen LogP contribution in [0.3, 0.4) is 0 Å². The van der Waals surface area contributed by atoms with Gasteiger partial charge in [-0.25, -0.2) is 4.98 Å². The van der Waals surface area contributed by atoms with Gasteiger partial charge in [0.1, 0.15) is 0 Å². The number of ether oxygens (including phenoxy) is 2. The SMILES string of the molecule is CCOC(=O)C[C@@H](c1ccc(OC)nc1)n1ccc(CCCc2ccc3c(n2)CCCC3)n1. The lowest BCUT2D eigenvalue weighted by atomic mass is 9.95. The molecule has 0 saturated carbocycles. The highest BCUT2D eigenvalue weighted by molar-refractivity contribution is 5.70. The summed E-state index contributed by atoms with van der Waals surface area (Å²) in [4.78, 5) is 21.4. The van der Waals surface area contributed by atoms with E-state index in [1.807, 2.05) is 29.9 Å². The van der Waals surface area contributed by atoms with Crippen LogP contribution in [0.15, 0.2) is 42.7 Å². The highest BCUT2D eigenvalue weighted by Gasteiger charge is 2.21. The molecule has 0 unspecified atom stereocenters. The van der Waals surface area contributed by atoms with Crippen molar-refractivity contribution in [1.82, 2.24) is 19.7 Å². The van der Waals surface area contributed by atoms with E-state index in [4.69, 9.17) is 19.6 Å². The first-order valence-electron chi connectivity index (χ1n) is 11.8. The lowest BCUT2D eigenvalue weighted by Crippen LogP contribution is -2.18. The molecule has 0 aliphatic heterocycles. The summed E-state index contributed by atoms with van der Waals surface area (Å²) in [6.45, 7) is 2.17. The number of carbonyl (C=O) groups is 1. The molecule has 1 aliphatic carbocycles. The number of nitrogens with zero attached hydrogens (tertiary/aromatic N) is 4. The second kappa shape index (κ2) is 11.1. The smallest absolute Gasteiger partial charge is 0.308 e. The standard InChI is InChI=1S/C26H32N4O3/c1-3-33-26(31)17-24(20-12-14-25(32-2)27-18-20)30-16-15-22(29-30)9-6-8-21-13-11-19-7-4-5-10-23(19)28-21/h11-16,18,24H,3-10,17H2,1-2H3/t24-/m0/s1. The molecule has 174 valence electrons. The van der Waals surface area contributed by atoms with E-state index in [1.165, 1.54) is 29.8 Å². The zero-order chi connectivity index (χ0) is 23.0. The molecular formula is C26H32N4O3. The first kappa shape index (κ1) is 23.0. The van der Waals surface area contributed by atoms with Crippen LogP contribution >= 0.6 is 0 Å². The number of rotatable bonds is 10. The van der Waals surface area contributed by atoms with E-state index in [1.54, 1.807) is 19.4 Å². The molecule has 1 aliphatic rings. The molecule has 3 aromatic rings. The van der Waals surface area contributed by atoms with Gasteiger partial charge in [-0.15, -0.1) is 0 Å². The number of esters is 1. The van der Waals surface area contributed by atoms with E-state index < -0.39 is 0 Å². The Labute approximate surface area is 195 Å². The molecule has 7 heteroatoms. The first-order chi connectivity index (χ1) is 16.2. The minimum absolute atomic E-state index is 0.196. The van der Waals surface area contributed by atoms with Crippen molar-refractivity contribution in [3.05, 3.63) is 70.9 Å². The van der Waals surface area contributed by atoms with Gasteiger partial charge in [-0.1, -0.05) is 6.07 Å². The molecule has 7 nitrogen and oxygen atoms in total. The average molecular weight is 449 g/mol. The number of aromatic nitrogens is 4. The topological polar surface area (TPSA) is 79.1 Å². The number of hydrogen-bond donors (Lipinski definition) is 0. The highest BCUT2D eigenvalue weighted by Crippen LogP contribution is 2.24. The van der Waals surface area contributed by atoms with Crippen LogP contribution in [0.1, 0.15) is 66.9 Å². The van der Waals surface area contributed by atoms with Crippen LogP contribution in [0.2, 0.25) is 0 Å². The fourth-order valence-electron chi connectivity index (χ4n) is 4.35. The Bertz CT molecular complexity index is 1060. The average Bonchev–Trinajstić information content (AvgIpc) is 3.31. The van der Waals surface area contributed by atoms with Crippen molar-refractivity contribution in [2.75, 3.05) is 13.7 Å². The predicted octanol–water partition coefficient (Wildman–Crippen LogP) is 4.28. The fourth-order valence-corrected chi connectivity index (χ4v) is 4.35. The molecule has 4 rings (SSSR count). The van der Waals surface area contributed by atoms with E-state index in [0.717, 1.165) is 43.4 Å². The van der Waals surface area contributed by atoms with Gasteiger partial charge in [0.15, 0.2) is 0 Å². The molecule has 0 fully saturated rings. The van der Waals surface area contributed by atoms with E-state index in [-0.39, 0.29) is 18.4 Å². The summed E-state index contributed by atoms with van der Waals surface area (Å²) in [5.74, 6) is 0.277. The lowest BCUT2D eigenvalue weighted by molar-refractivity contribution is -0.143. The van der Waals surface area contributed by atoms with E-state index in [9.17, 15) is 4.79 Å². The van der Waals surface area contributed by atoms with Gasteiger partial charge < -0.3 is 9.47 Å². The Kier molecular flexibility index (Phi) is 7.70. The van der Waals surface area contributed by atoms with Crippen molar-refractivity contribution in [3.8, 4) is 5.88 Å². The van der Waals surface area contributed by atoms with Crippen LogP contribution in [0.4, 0.5) is 0 Å². The van der Waals surface area contributed by atoms with Crippen molar-refractivity contribution < 1.29 is 14.3 Å². The summed E-state index contributed by atoms with van der Waals surface area (Å²) in [6.07, 6.45) is 11.4. The normalized spacial score (nSPS) is 13.9. The zero-order valence-electron chi connectivity index (χ0n) is 19.5. The largest absolute Gasteiger partial charge is 0.481 e. The van der Waals surface area contributed by atoms with Gasteiger partial charge in [0.2, 0.25) is 5.88 Å². The number of pyridine rings is 2. The fraction of sp³-hybridized carbons (Fsp3) is 0.462. The maximum atomic E-state index is 12.2. The van der Waals surface area contributed by atoms with Crippen LogP contribution in [0.5, 0.6) is 5.88 Å². The second-order valence-electron chi connectivity index (χ2n) is 8.41. The Balaban J connectivity index is 1.41. The third kappa shape index (κ3) is 5.97. The molecule has 1 atom stereocenters. The van der Waals surface area contributed by atoms with Gasteiger partial charge in [0, 0.05) is 29.8 Å². The highest BCUT2D eigenvalue weighted by atomic mass is 16.5. The zero-order valence-corrected chi connectivity index (χ0v) is 19.5. The summed E-state index contributed by atoms with van der Waals surface area (Å²) in [7, 11) is 1.58. The molecule has 0 aromatic carbocycles. The van der Waals surface area contributed by atoms with E-state index >= 15 is 0 Å². The summed E-state index contributed by atoms with van der Waals surface area (Å²) in [5.41, 5.74) is 5.77. The van der Waals surface area contributed by atoms with E-state index in [2.05, 4.69) is 17.1 Å². The Morgan fingerprint density at radius 1 is 1.09 bits per heavy atom. The van der Waals surface area contributed by atoms with Crippen LogP contribution in [0, 0.1) is 0 Å². The van der Waals surface area contributed by atoms with Crippen LogP contribution in [-0.4, -0.2) is 39.4 Å². The Morgan fingerprint density at radius 2 is 1.94 bits per heavy atom. The predicted molar refractivity (Wildman–Crippen MR) is 125 cm³/mol. The Morgan fingerprint density at radius 3 is 2.73 bits per heavy atom. The van der Waals surface area contributed by atoms with Crippen molar-refractivity contribution in [1.29, 1.82) is 0 Å². The molecule has 0 spiro atoms. The molecule has 0 N–H and O–H groups in total. The molecule has 0 bridgehead atoms.